The van der Waals surface area contributed by atoms with Crippen LogP contribution in [-0.2, 0) is 4.74 Å². The van der Waals surface area contributed by atoms with Crippen LogP contribution in [-0.4, -0.2) is 54.9 Å². The maximum Gasteiger partial charge on any atom is 0.415 e. The third-order valence-corrected chi connectivity index (χ3v) is 2.05. The van der Waals surface area contributed by atoms with Gasteiger partial charge < -0.3 is 20.3 Å². The van der Waals surface area contributed by atoms with Crippen molar-refractivity contribution in [1.29, 1.82) is 0 Å². The predicted octanol–water partition coefficient (Wildman–Crippen LogP) is 0.677. The van der Waals surface area contributed by atoms with E-state index in [0.29, 0.717) is 6.61 Å². The third-order valence-electron chi connectivity index (χ3n) is 2.05. The molecule has 0 amide bonds. The predicted molar refractivity (Wildman–Crippen MR) is 56.7 cm³/mol. The summed E-state index contributed by atoms with van der Waals surface area (Å²) in [6, 6.07) is 0. The van der Waals surface area contributed by atoms with Gasteiger partial charge in [-0.05, 0) is 6.42 Å². The Bertz CT molecular complexity index is 190. The van der Waals surface area contributed by atoms with Crippen molar-refractivity contribution in [2.75, 3.05) is 26.3 Å². The maximum absolute atomic E-state index is 11.9. The van der Waals surface area contributed by atoms with Crippen molar-refractivity contribution < 1.29 is 28.1 Å². The second kappa shape index (κ2) is 8.68. The second-order valence-corrected chi connectivity index (χ2v) is 3.80. The van der Waals surface area contributed by atoms with Gasteiger partial charge in [0.2, 0.25) is 0 Å². The zero-order chi connectivity index (χ0) is 13.3. The molecule has 0 aliphatic carbocycles. The minimum atomic E-state index is -4.63. The fraction of sp³-hybridized carbons (Fsp3) is 1.00. The van der Waals surface area contributed by atoms with E-state index >= 15 is 0 Å². The Morgan fingerprint density at radius 3 is 2.41 bits per heavy atom. The van der Waals surface area contributed by atoms with Crippen molar-refractivity contribution in [1.82, 2.24) is 5.32 Å². The average molecular weight is 259 g/mol. The van der Waals surface area contributed by atoms with Crippen molar-refractivity contribution in [3.8, 4) is 0 Å². The number of aliphatic hydroxyl groups excluding tert-OH is 2. The van der Waals surface area contributed by atoms with Gasteiger partial charge in [-0.3, -0.25) is 0 Å². The standard InChI is InChI=1S/C10H20F3NO3/c1-2-3-4-17-7-8(15)5-14-6-9(16)10(11,12)13/h8-9,14-16H,2-7H2,1H3. The van der Waals surface area contributed by atoms with Crippen LogP contribution in [0.1, 0.15) is 19.8 Å². The zero-order valence-electron chi connectivity index (χ0n) is 9.83. The summed E-state index contributed by atoms with van der Waals surface area (Å²) in [4.78, 5) is 0. The molecule has 2 atom stereocenters. The van der Waals surface area contributed by atoms with Crippen molar-refractivity contribution in [2.45, 2.75) is 38.1 Å². The van der Waals surface area contributed by atoms with Crippen LogP contribution in [0.2, 0.25) is 0 Å². The molecule has 17 heavy (non-hydrogen) atoms. The van der Waals surface area contributed by atoms with Gasteiger partial charge in [0.25, 0.3) is 0 Å². The lowest BCUT2D eigenvalue weighted by atomic mass is 10.3. The average Bonchev–Trinajstić information content (AvgIpc) is 2.23. The first-order chi connectivity index (χ1) is 7.88. The molecular weight excluding hydrogens is 239 g/mol. The third kappa shape index (κ3) is 9.34. The van der Waals surface area contributed by atoms with E-state index < -0.39 is 24.9 Å². The fourth-order valence-electron chi connectivity index (χ4n) is 1.03. The highest BCUT2D eigenvalue weighted by molar-refractivity contribution is 4.69. The Kier molecular flexibility index (Phi) is 8.49. The van der Waals surface area contributed by atoms with E-state index in [1.165, 1.54) is 0 Å². The highest BCUT2D eigenvalue weighted by atomic mass is 19.4. The number of alkyl halides is 3. The van der Waals surface area contributed by atoms with E-state index in [1.54, 1.807) is 0 Å². The smallest absolute Gasteiger partial charge is 0.389 e. The molecular formula is C10H20F3NO3. The second-order valence-electron chi connectivity index (χ2n) is 3.80. The van der Waals surface area contributed by atoms with Crippen molar-refractivity contribution >= 4 is 0 Å². The molecule has 0 heterocycles. The lowest BCUT2D eigenvalue weighted by Crippen LogP contribution is -2.41. The zero-order valence-corrected chi connectivity index (χ0v) is 9.83. The van der Waals surface area contributed by atoms with Gasteiger partial charge in [0.1, 0.15) is 0 Å². The fourth-order valence-corrected chi connectivity index (χ4v) is 1.03. The van der Waals surface area contributed by atoms with Gasteiger partial charge >= 0.3 is 6.18 Å². The summed E-state index contributed by atoms with van der Waals surface area (Å²) in [6.07, 6.45) is -6.04. The SMILES string of the molecule is CCCCOCC(O)CNCC(O)C(F)(F)F. The summed E-state index contributed by atoms with van der Waals surface area (Å²) in [5.74, 6) is 0. The van der Waals surface area contributed by atoms with E-state index in [2.05, 4.69) is 5.32 Å². The summed E-state index contributed by atoms with van der Waals surface area (Å²) in [5, 5.41) is 20.3. The minimum Gasteiger partial charge on any atom is -0.389 e. The molecule has 0 aromatic heterocycles. The summed E-state index contributed by atoms with van der Waals surface area (Å²) in [5.41, 5.74) is 0. The summed E-state index contributed by atoms with van der Waals surface area (Å²) in [7, 11) is 0. The van der Waals surface area contributed by atoms with Crippen LogP contribution >= 0.6 is 0 Å². The number of hydrogen-bond donors (Lipinski definition) is 3. The molecule has 0 aromatic rings. The number of ether oxygens (including phenoxy) is 1. The lowest BCUT2D eigenvalue weighted by molar-refractivity contribution is -0.202. The van der Waals surface area contributed by atoms with Gasteiger partial charge in [0, 0.05) is 19.7 Å². The van der Waals surface area contributed by atoms with Gasteiger partial charge in [-0.25, -0.2) is 0 Å². The highest BCUT2D eigenvalue weighted by Gasteiger charge is 2.37. The van der Waals surface area contributed by atoms with Crippen LogP contribution in [0, 0.1) is 0 Å². The van der Waals surface area contributed by atoms with Gasteiger partial charge in [-0.1, -0.05) is 13.3 Å². The molecule has 0 radical (unpaired) electrons. The number of hydrogen-bond acceptors (Lipinski definition) is 4. The van der Waals surface area contributed by atoms with Crippen LogP contribution in [0.3, 0.4) is 0 Å². The largest absolute Gasteiger partial charge is 0.415 e. The molecule has 0 aromatic carbocycles. The number of halogens is 3. The van der Waals surface area contributed by atoms with Crippen molar-refractivity contribution in [3.63, 3.8) is 0 Å². The van der Waals surface area contributed by atoms with Crippen molar-refractivity contribution in [2.24, 2.45) is 0 Å². The molecule has 104 valence electrons. The Hall–Kier alpha value is -0.370. The summed E-state index contributed by atoms with van der Waals surface area (Å²) < 4.78 is 40.7. The van der Waals surface area contributed by atoms with Crippen LogP contribution in [0.4, 0.5) is 13.2 Å². The first-order valence-electron chi connectivity index (χ1n) is 5.59. The molecule has 7 heteroatoms. The molecule has 0 spiro atoms. The van der Waals surface area contributed by atoms with E-state index in [-0.39, 0.29) is 13.2 Å². The minimum absolute atomic E-state index is 0.0424. The molecule has 0 fully saturated rings. The van der Waals surface area contributed by atoms with Crippen LogP contribution in [0.15, 0.2) is 0 Å². The summed E-state index contributed by atoms with van der Waals surface area (Å²) in [6.45, 7) is 1.93. The number of nitrogens with one attached hydrogen (secondary N) is 1. The topological polar surface area (TPSA) is 61.7 Å². The van der Waals surface area contributed by atoms with E-state index in [0.717, 1.165) is 12.8 Å². The van der Waals surface area contributed by atoms with Gasteiger partial charge in [-0.15, -0.1) is 0 Å². The van der Waals surface area contributed by atoms with Crippen LogP contribution in [0.5, 0.6) is 0 Å². The normalized spacial score (nSPS) is 15.9. The molecule has 3 N–H and O–H groups in total. The maximum atomic E-state index is 11.9. The number of rotatable bonds is 9. The van der Waals surface area contributed by atoms with Gasteiger partial charge in [0.15, 0.2) is 6.10 Å². The molecule has 0 bridgehead atoms. The molecule has 0 rings (SSSR count). The first kappa shape index (κ1) is 16.6. The molecule has 0 aliphatic rings. The molecule has 0 saturated carbocycles. The molecule has 0 saturated heterocycles. The van der Waals surface area contributed by atoms with Crippen molar-refractivity contribution in [3.05, 3.63) is 0 Å². The quantitative estimate of drug-likeness (QED) is 0.533. The Morgan fingerprint density at radius 1 is 1.24 bits per heavy atom. The van der Waals surface area contributed by atoms with E-state index in [1.807, 2.05) is 6.92 Å². The Labute approximate surface area is 98.8 Å². The number of aliphatic hydroxyl groups is 2. The number of unbranched alkanes of at least 4 members (excludes halogenated alkanes) is 1. The van der Waals surface area contributed by atoms with Crippen LogP contribution < -0.4 is 5.32 Å². The summed E-state index contributed by atoms with van der Waals surface area (Å²) >= 11 is 0. The monoisotopic (exact) mass is 259 g/mol. The first-order valence-corrected chi connectivity index (χ1v) is 5.59. The lowest BCUT2D eigenvalue weighted by Gasteiger charge is -2.17. The molecule has 4 nitrogen and oxygen atoms in total. The molecule has 2 unspecified atom stereocenters. The van der Waals surface area contributed by atoms with E-state index in [9.17, 15) is 18.3 Å². The van der Waals surface area contributed by atoms with Crippen LogP contribution in [0.25, 0.3) is 0 Å². The Balaban J connectivity index is 3.48. The highest BCUT2D eigenvalue weighted by Crippen LogP contribution is 2.18. The van der Waals surface area contributed by atoms with Gasteiger partial charge in [0.05, 0.1) is 12.7 Å². The van der Waals surface area contributed by atoms with E-state index in [4.69, 9.17) is 9.84 Å². The molecule has 0 aliphatic heterocycles. The van der Waals surface area contributed by atoms with Gasteiger partial charge in [-0.2, -0.15) is 13.2 Å². The Morgan fingerprint density at radius 2 is 1.88 bits per heavy atom.